The number of carbonyl (C=O) groups excluding carboxylic acids is 1. The molecule has 1 spiro atoms. The molecular weight excluding hydrogens is 399 g/mol. The van der Waals surface area contributed by atoms with E-state index in [-0.39, 0.29) is 6.04 Å². The van der Waals surface area contributed by atoms with Crippen molar-refractivity contribution in [2.24, 2.45) is 0 Å². The van der Waals surface area contributed by atoms with E-state index in [0.717, 1.165) is 18.5 Å². The number of rotatable bonds is 4. The second-order valence-corrected chi connectivity index (χ2v) is 7.60. The van der Waals surface area contributed by atoms with Gasteiger partial charge in [0, 0.05) is 12.0 Å². The van der Waals surface area contributed by atoms with Crippen LogP contribution in [0.3, 0.4) is 0 Å². The monoisotopic (exact) mass is 421 g/mol. The zero-order valence-corrected chi connectivity index (χ0v) is 16.4. The maximum Gasteiger partial charge on any atom is 0.573 e. The molecule has 0 aliphatic carbocycles. The Balaban J connectivity index is 1.68. The van der Waals surface area contributed by atoms with E-state index in [9.17, 15) is 18.0 Å². The zero-order valence-electron chi connectivity index (χ0n) is 16.4. The van der Waals surface area contributed by atoms with Gasteiger partial charge in [0.05, 0.1) is 19.1 Å². The summed E-state index contributed by atoms with van der Waals surface area (Å²) in [5.41, 5.74) is 0.568. The van der Waals surface area contributed by atoms with Gasteiger partial charge in [0.15, 0.2) is 0 Å². The van der Waals surface area contributed by atoms with E-state index in [4.69, 9.17) is 9.47 Å². The number of halogens is 3. The quantitative estimate of drug-likeness (QED) is 0.738. The molecule has 2 saturated heterocycles. The van der Waals surface area contributed by atoms with Crippen LogP contribution in [0.25, 0.3) is 0 Å². The first-order valence-corrected chi connectivity index (χ1v) is 9.76. The summed E-state index contributed by atoms with van der Waals surface area (Å²) in [6, 6.07) is 13.3. The van der Waals surface area contributed by atoms with Crippen molar-refractivity contribution in [1.82, 2.24) is 5.32 Å². The number of ether oxygens (including phenoxy) is 3. The molecule has 2 fully saturated rings. The molecule has 5 nitrogen and oxygen atoms in total. The summed E-state index contributed by atoms with van der Waals surface area (Å²) in [6.07, 6.45) is -2.99. The molecule has 30 heavy (non-hydrogen) atoms. The zero-order chi connectivity index (χ0) is 21.4. The van der Waals surface area contributed by atoms with E-state index < -0.39 is 29.6 Å². The topological polar surface area (TPSA) is 56.8 Å². The van der Waals surface area contributed by atoms with Gasteiger partial charge >= 0.3 is 12.3 Å². The molecule has 4 rings (SSSR count). The Morgan fingerprint density at radius 1 is 1.17 bits per heavy atom. The van der Waals surface area contributed by atoms with Crippen LogP contribution in [0.2, 0.25) is 0 Å². The van der Waals surface area contributed by atoms with Crippen LogP contribution in [0, 0.1) is 0 Å². The highest BCUT2D eigenvalue weighted by Gasteiger charge is 2.54. The molecule has 160 valence electrons. The van der Waals surface area contributed by atoms with Gasteiger partial charge in [0.1, 0.15) is 17.1 Å². The van der Waals surface area contributed by atoms with Crippen molar-refractivity contribution in [3.63, 3.8) is 0 Å². The molecule has 0 radical (unpaired) electrons. The van der Waals surface area contributed by atoms with Crippen LogP contribution < -0.4 is 14.8 Å². The van der Waals surface area contributed by atoms with Crippen LogP contribution >= 0.6 is 0 Å². The highest BCUT2D eigenvalue weighted by molar-refractivity contribution is 5.82. The molecule has 0 saturated carbocycles. The van der Waals surface area contributed by atoms with Crippen molar-refractivity contribution in [3.8, 4) is 11.5 Å². The average molecular weight is 421 g/mol. The van der Waals surface area contributed by atoms with Crippen molar-refractivity contribution in [3.05, 3.63) is 59.7 Å². The van der Waals surface area contributed by atoms with Crippen molar-refractivity contribution in [1.29, 1.82) is 0 Å². The van der Waals surface area contributed by atoms with E-state index in [1.54, 1.807) is 0 Å². The number of hydrogen-bond acceptors (Lipinski definition) is 5. The Morgan fingerprint density at radius 3 is 2.63 bits per heavy atom. The van der Waals surface area contributed by atoms with Gasteiger partial charge in [-0.25, -0.2) is 0 Å². The maximum absolute atomic E-state index is 12.9. The molecule has 3 atom stereocenters. The Bertz CT molecular complexity index is 918. The average Bonchev–Trinajstić information content (AvgIpc) is 3.04. The summed E-state index contributed by atoms with van der Waals surface area (Å²) in [5.74, 6) is -1.29. The van der Waals surface area contributed by atoms with Crippen LogP contribution in [0.4, 0.5) is 13.2 Å². The first kappa shape index (κ1) is 20.5. The third kappa shape index (κ3) is 3.96. The van der Waals surface area contributed by atoms with Gasteiger partial charge in [-0.1, -0.05) is 30.3 Å². The van der Waals surface area contributed by atoms with Gasteiger partial charge in [-0.2, -0.15) is 0 Å². The van der Waals surface area contributed by atoms with Crippen LogP contribution in [0.15, 0.2) is 48.5 Å². The van der Waals surface area contributed by atoms with Crippen molar-refractivity contribution in [2.45, 2.75) is 43.2 Å². The lowest BCUT2D eigenvalue weighted by molar-refractivity contribution is -0.274. The minimum atomic E-state index is -4.82. The number of benzene rings is 2. The third-order valence-corrected chi connectivity index (χ3v) is 5.73. The van der Waals surface area contributed by atoms with Crippen molar-refractivity contribution >= 4 is 5.97 Å². The van der Waals surface area contributed by atoms with Crippen LogP contribution in [-0.2, 0) is 9.53 Å². The van der Waals surface area contributed by atoms with Crippen molar-refractivity contribution < 1.29 is 32.2 Å². The molecule has 2 aliphatic heterocycles. The summed E-state index contributed by atoms with van der Waals surface area (Å²) in [7, 11) is 1.41. The molecule has 0 bridgehead atoms. The first-order valence-electron chi connectivity index (χ1n) is 9.76. The number of carbonyl (C=O) groups is 1. The Morgan fingerprint density at radius 2 is 1.93 bits per heavy atom. The summed E-state index contributed by atoms with van der Waals surface area (Å²) >= 11 is 0. The number of nitrogens with one attached hydrogen (secondary N) is 1. The van der Waals surface area contributed by atoms with E-state index in [1.807, 2.05) is 30.3 Å². The van der Waals surface area contributed by atoms with E-state index in [2.05, 4.69) is 10.1 Å². The summed E-state index contributed by atoms with van der Waals surface area (Å²) in [4.78, 5) is 12.9. The largest absolute Gasteiger partial charge is 0.573 e. The number of hydrogen-bond donors (Lipinski definition) is 1. The van der Waals surface area contributed by atoms with Gasteiger partial charge in [-0.15, -0.1) is 13.2 Å². The Labute approximate surface area is 172 Å². The highest BCUT2D eigenvalue weighted by atomic mass is 19.4. The number of piperidine rings is 1. The van der Waals surface area contributed by atoms with Crippen LogP contribution in [-0.4, -0.2) is 31.6 Å². The van der Waals surface area contributed by atoms with E-state index in [0.29, 0.717) is 24.2 Å². The Hall–Kier alpha value is -2.74. The lowest BCUT2D eigenvalue weighted by Crippen LogP contribution is -2.48. The molecular formula is C22H22F3NO4. The maximum atomic E-state index is 12.9. The molecule has 2 heterocycles. The fourth-order valence-corrected chi connectivity index (χ4v) is 4.52. The summed E-state index contributed by atoms with van der Waals surface area (Å²) < 4.78 is 53.3. The van der Waals surface area contributed by atoms with Gasteiger partial charge in [0.25, 0.3) is 0 Å². The lowest BCUT2D eigenvalue weighted by atomic mass is 9.76. The van der Waals surface area contributed by atoms with E-state index >= 15 is 0 Å². The summed E-state index contributed by atoms with van der Waals surface area (Å²) in [6.45, 7) is 0.793. The normalized spacial score (nSPS) is 26.5. The predicted molar refractivity (Wildman–Crippen MR) is 102 cm³/mol. The lowest BCUT2D eigenvalue weighted by Gasteiger charge is -2.41. The molecule has 2 aliphatic rings. The second kappa shape index (κ2) is 7.83. The van der Waals surface area contributed by atoms with Gasteiger partial charge in [-0.3, -0.25) is 4.79 Å². The minimum Gasteiger partial charge on any atom is -0.496 e. The molecule has 0 amide bonds. The van der Waals surface area contributed by atoms with E-state index in [1.165, 1.54) is 25.3 Å². The van der Waals surface area contributed by atoms with Crippen LogP contribution in [0.1, 0.15) is 42.3 Å². The minimum absolute atomic E-state index is 0.193. The second-order valence-electron chi connectivity index (χ2n) is 7.60. The highest BCUT2D eigenvalue weighted by Crippen LogP contribution is 2.50. The smallest absolute Gasteiger partial charge is 0.496 e. The first-order chi connectivity index (χ1) is 14.3. The van der Waals surface area contributed by atoms with Crippen LogP contribution in [0.5, 0.6) is 11.5 Å². The third-order valence-electron chi connectivity index (χ3n) is 5.73. The molecule has 2 aromatic carbocycles. The predicted octanol–water partition coefficient (Wildman–Crippen LogP) is 4.49. The number of esters is 1. The fraction of sp³-hybridized carbons (Fsp3) is 0.409. The van der Waals surface area contributed by atoms with Gasteiger partial charge < -0.3 is 19.5 Å². The van der Waals surface area contributed by atoms with Gasteiger partial charge in [0.2, 0.25) is 0 Å². The molecule has 2 aromatic rings. The molecule has 0 aromatic heterocycles. The summed E-state index contributed by atoms with van der Waals surface area (Å²) in [5, 5.41) is 3.45. The van der Waals surface area contributed by atoms with Crippen molar-refractivity contribution in [2.75, 3.05) is 13.7 Å². The fourth-order valence-electron chi connectivity index (χ4n) is 4.52. The number of methoxy groups -OCH3 is 1. The molecule has 0 unspecified atom stereocenters. The van der Waals surface area contributed by atoms with Gasteiger partial charge in [-0.05, 0) is 43.1 Å². The SMILES string of the molecule is COc1ccc(OC(F)(F)F)cc1[C@H]1C[C@@]2(CCCN[C@H]2c2ccccc2)OC1=O. The number of alkyl halides is 3. The molecule has 1 N–H and O–H groups in total. The standard InChI is InChI=1S/C22H22F3NO4/c1-28-18-9-8-15(29-22(23,24)25)12-16(18)17-13-21(30-20(17)27)10-5-11-26-19(21)14-6-3-2-4-7-14/h2-4,6-9,12,17,19,26H,5,10-11,13H2,1H3/t17-,19+,21-/m1/s1. The Kier molecular flexibility index (Phi) is 5.36. The molecule has 8 heteroatoms.